The topological polar surface area (TPSA) is 118 Å². The molecule has 0 spiro atoms. The van der Waals surface area contributed by atoms with Gasteiger partial charge in [0.25, 0.3) is 0 Å². The largest absolute Gasteiger partial charge is 0.478 e. The highest BCUT2D eigenvalue weighted by molar-refractivity contribution is 7.92. The molecule has 0 amide bonds. The van der Waals surface area contributed by atoms with E-state index in [1.807, 2.05) is 0 Å². The number of sulfonamides is 1. The molecule has 0 aliphatic carbocycles. The molecule has 0 bridgehead atoms. The molecule has 1 fully saturated rings. The molecule has 2 N–H and O–H groups in total. The van der Waals surface area contributed by atoms with E-state index in [0.29, 0.717) is 5.56 Å². The van der Waals surface area contributed by atoms with Crippen LogP contribution in [0.4, 0.5) is 0 Å². The van der Waals surface area contributed by atoms with Gasteiger partial charge in [0, 0.05) is 12.1 Å². The molecular formula is C13H15NO6S2. The van der Waals surface area contributed by atoms with Crippen LogP contribution in [0.15, 0.2) is 35.2 Å². The first kappa shape index (κ1) is 16.7. The Hall–Kier alpha value is -1.71. The molecule has 7 nitrogen and oxygen atoms in total. The summed E-state index contributed by atoms with van der Waals surface area (Å²) in [5.74, 6) is -1.30. The Morgan fingerprint density at radius 3 is 2.41 bits per heavy atom. The minimum atomic E-state index is -3.80. The Balaban J connectivity index is 2.11. The van der Waals surface area contributed by atoms with Crippen LogP contribution >= 0.6 is 0 Å². The molecule has 1 aromatic rings. The van der Waals surface area contributed by atoms with Gasteiger partial charge in [-0.05, 0) is 30.2 Å². The average Bonchev–Trinajstić information content (AvgIpc) is 2.75. The van der Waals surface area contributed by atoms with Crippen LogP contribution in [0, 0.1) is 0 Å². The van der Waals surface area contributed by atoms with Crippen molar-refractivity contribution in [3.63, 3.8) is 0 Å². The molecule has 1 aliphatic rings. The maximum atomic E-state index is 12.2. The first-order valence-corrected chi connectivity index (χ1v) is 9.72. The van der Waals surface area contributed by atoms with Crippen molar-refractivity contribution >= 4 is 31.9 Å². The Kier molecular flexibility index (Phi) is 4.69. The number of carboxylic acid groups (broad SMARTS) is 1. The van der Waals surface area contributed by atoms with Crippen LogP contribution in [0.5, 0.6) is 0 Å². The van der Waals surface area contributed by atoms with Gasteiger partial charge in [0.1, 0.15) is 0 Å². The predicted molar refractivity (Wildman–Crippen MR) is 80.5 cm³/mol. The van der Waals surface area contributed by atoms with E-state index < -0.39 is 31.9 Å². The van der Waals surface area contributed by atoms with Gasteiger partial charge in [-0.3, -0.25) is 0 Å². The third-order valence-electron chi connectivity index (χ3n) is 3.16. The Morgan fingerprint density at radius 2 is 1.91 bits per heavy atom. The van der Waals surface area contributed by atoms with Crippen molar-refractivity contribution in [3.05, 3.63) is 35.9 Å². The van der Waals surface area contributed by atoms with Gasteiger partial charge in [-0.15, -0.1) is 0 Å². The van der Waals surface area contributed by atoms with E-state index in [-0.39, 0.29) is 22.8 Å². The highest BCUT2D eigenvalue weighted by Gasteiger charge is 2.31. The lowest BCUT2D eigenvalue weighted by Crippen LogP contribution is -2.35. The molecule has 0 radical (unpaired) electrons. The van der Waals surface area contributed by atoms with Crippen LogP contribution < -0.4 is 4.72 Å². The summed E-state index contributed by atoms with van der Waals surface area (Å²) < 4.78 is 49.4. The number of benzene rings is 1. The Morgan fingerprint density at radius 1 is 1.27 bits per heavy atom. The van der Waals surface area contributed by atoms with Crippen LogP contribution in [0.3, 0.4) is 0 Å². The lowest BCUT2D eigenvalue weighted by molar-refractivity contribution is -0.131. The van der Waals surface area contributed by atoms with Gasteiger partial charge in [0.15, 0.2) is 9.84 Å². The molecule has 2 rings (SSSR count). The first-order chi connectivity index (χ1) is 10.2. The van der Waals surface area contributed by atoms with E-state index in [2.05, 4.69) is 4.72 Å². The molecule has 9 heteroatoms. The summed E-state index contributed by atoms with van der Waals surface area (Å²) in [6, 6.07) is 5.01. The fraction of sp³-hybridized carbons (Fsp3) is 0.308. The fourth-order valence-corrected chi connectivity index (χ4v) is 5.15. The van der Waals surface area contributed by atoms with Crippen molar-refractivity contribution < 1.29 is 26.7 Å². The smallest absolute Gasteiger partial charge is 0.328 e. The highest BCUT2D eigenvalue weighted by atomic mass is 32.2. The Bertz CT molecular complexity index is 793. The van der Waals surface area contributed by atoms with Crippen LogP contribution in [-0.2, 0) is 24.7 Å². The lowest BCUT2D eigenvalue weighted by Gasteiger charge is -2.11. The van der Waals surface area contributed by atoms with E-state index in [1.54, 1.807) is 0 Å². The molecule has 0 saturated carbocycles. The second kappa shape index (κ2) is 6.19. The second-order valence-electron chi connectivity index (χ2n) is 4.96. The van der Waals surface area contributed by atoms with Gasteiger partial charge in [-0.25, -0.2) is 26.4 Å². The van der Waals surface area contributed by atoms with Crippen molar-refractivity contribution in [1.82, 2.24) is 4.72 Å². The third kappa shape index (κ3) is 4.39. The molecule has 120 valence electrons. The third-order valence-corrected chi connectivity index (χ3v) is 6.47. The number of carboxylic acids is 1. The number of hydrogen-bond acceptors (Lipinski definition) is 5. The molecule has 1 saturated heterocycles. The normalized spacial score (nSPS) is 21.2. The van der Waals surface area contributed by atoms with Crippen molar-refractivity contribution in [1.29, 1.82) is 0 Å². The molecule has 1 aliphatic heterocycles. The number of aliphatic carboxylic acids is 1. The summed E-state index contributed by atoms with van der Waals surface area (Å²) in [6.45, 7) is 0. The quantitative estimate of drug-likeness (QED) is 0.739. The van der Waals surface area contributed by atoms with Gasteiger partial charge in [0.05, 0.1) is 16.4 Å². The van der Waals surface area contributed by atoms with Gasteiger partial charge in [0.2, 0.25) is 10.0 Å². The van der Waals surface area contributed by atoms with E-state index in [9.17, 15) is 21.6 Å². The summed E-state index contributed by atoms with van der Waals surface area (Å²) >= 11 is 0. The zero-order valence-corrected chi connectivity index (χ0v) is 13.1. The van der Waals surface area contributed by atoms with Gasteiger partial charge < -0.3 is 5.11 Å². The summed E-state index contributed by atoms with van der Waals surface area (Å²) in [7, 11) is -6.96. The summed E-state index contributed by atoms with van der Waals surface area (Å²) in [4.78, 5) is 10.4. The zero-order valence-electron chi connectivity index (χ0n) is 11.5. The number of carbonyl (C=O) groups is 1. The average molecular weight is 345 g/mol. The summed E-state index contributed by atoms with van der Waals surface area (Å²) in [5, 5.41) is 8.52. The van der Waals surface area contributed by atoms with Crippen molar-refractivity contribution in [3.8, 4) is 0 Å². The number of rotatable bonds is 5. The zero-order chi connectivity index (χ0) is 16.4. The van der Waals surface area contributed by atoms with Crippen LogP contribution in [0.25, 0.3) is 6.08 Å². The second-order valence-corrected chi connectivity index (χ2v) is 8.90. The molecule has 1 heterocycles. The van der Waals surface area contributed by atoms with Gasteiger partial charge in [-0.1, -0.05) is 12.1 Å². The fourth-order valence-electron chi connectivity index (χ4n) is 2.10. The van der Waals surface area contributed by atoms with E-state index in [1.165, 1.54) is 30.3 Å². The number of nitrogens with one attached hydrogen (secondary N) is 1. The molecule has 1 aromatic carbocycles. The van der Waals surface area contributed by atoms with Gasteiger partial charge >= 0.3 is 5.97 Å². The molecule has 0 aromatic heterocycles. The predicted octanol–water partition coefficient (Wildman–Crippen LogP) is 0.250. The highest BCUT2D eigenvalue weighted by Crippen LogP contribution is 2.16. The maximum Gasteiger partial charge on any atom is 0.328 e. The van der Waals surface area contributed by atoms with Crippen LogP contribution in [0.1, 0.15) is 12.0 Å². The first-order valence-electron chi connectivity index (χ1n) is 6.42. The van der Waals surface area contributed by atoms with Gasteiger partial charge in [-0.2, -0.15) is 0 Å². The van der Waals surface area contributed by atoms with E-state index >= 15 is 0 Å². The van der Waals surface area contributed by atoms with E-state index in [0.717, 1.165) is 6.08 Å². The van der Waals surface area contributed by atoms with Crippen LogP contribution in [0.2, 0.25) is 0 Å². The molecule has 22 heavy (non-hydrogen) atoms. The monoisotopic (exact) mass is 345 g/mol. The van der Waals surface area contributed by atoms with Crippen molar-refractivity contribution in [2.24, 2.45) is 0 Å². The van der Waals surface area contributed by atoms with Crippen LogP contribution in [-0.4, -0.2) is 45.5 Å². The minimum absolute atomic E-state index is 0.00396. The Labute approximate surface area is 128 Å². The molecule has 1 atom stereocenters. The minimum Gasteiger partial charge on any atom is -0.478 e. The van der Waals surface area contributed by atoms with Crippen molar-refractivity contribution in [2.45, 2.75) is 17.4 Å². The maximum absolute atomic E-state index is 12.2. The SMILES string of the molecule is O=C(O)/C=C/c1ccc(S(=O)(=O)NC2CCS(=O)(=O)C2)cc1. The standard InChI is InChI=1S/C13H15NO6S2/c15-13(16)6-3-10-1-4-12(5-2-10)22(19,20)14-11-7-8-21(17,18)9-11/h1-6,11,14H,7-9H2,(H,15,16)/b6-3+. The molecular weight excluding hydrogens is 330 g/mol. The summed E-state index contributed by atoms with van der Waals surface area (Å²) in [6.07, 6.45) is 2.56. The number of hydrogen-bond donors (Lipinski definition) is 2. The van der Waals surface area contributed by atoms with E-state index in [4.69, 9.17) is 5.11 Å². The van der Waals surface area contributed by atoms with Crippen molar-refractivity contribution in [2.75, 3.05) is 11.5 Å². The number of sulfone groups is 1. The summed E-state index contributed by atoms with van der Waals surface area (Å²) in [5.41, 5.74) is 0.546. The molecule has 1 unspecified atom stereocenters. The lowest BCUT2D eigenvalue weighted by atomic mass is 10.2.